The quantitative estimate of drug-likeness (QED) is 0.318. The van der Waals surface area contributed by atoms with Crippen LogP contribution in [-0.2, 0) is 5.41 Å². The van der Waals surface area contributed by atoms with Crippen LogP contribution in [0.2, 0.25) is 0 Å². The number of fused-ring (bicyclic) bond motifs is 9. The molecule has 1 spiro atoms. The Bertz CT molecular complexity index is 1150. The van der Waals surface area contributed by atoms with E-state index in [1.807, 2.05) is 27.7 Å². The molecule has 0 aromatic heterocycles. The zero-order valence-corrected chi connectivity index (χ0v) is 19.4. The summed E-state index contributed by atoms with van der Waals surface area (Å²) >= 11 is 0. The SMILES string of the molecule is C.C.C.CC.CC.Cc1ccc2c(c1)C1(C3=C2C=CC=CC3)c2ccccc2-c2ccccc21. The van der Waals surface area contributed by atoms with Crippen molar-refractivity contribution in [2.24, 2.45) is 0 Å². The maximum atomic E-state index is 2.42. The Hall–Kier alpha value is -3.12. The predicted molar refractivity (Wildman–Crippen MR) is 156 cm³/mol. The summed E-state index contributed by atoms with van der Waals surface area (Å²) in [5, 5.41) is 0. The van der Waals surface area contributed by atoms with Crippen LogP contribution in [0.3, 0.4) is 0 Å². The molecule has 0 radical (unpaired) electrons. The van der Waals surface area contributed by atoms with Crippen LogP contribution in [-0.4, -0.2) is 0 Å². The zero-order chi connectivity index (χ0) is 22.0. The van der Waals surface area contributed by atoms with Gasteiger partial charge in [-0.15, -0.1) is 0 Å². The molecule has 0 heteroatoms. The molecule has 34 heavy (non-hydrogen) atoms. The number of aryl methyl sites for hydroxylation is 1. The van der Waals surface area contributed by atoms with Crippen molar-refractivity contribution in [3.63, 3.8) is 0 Å². The minimum atomic E-state index is -0.164. The Balaban J connectivity index is 0.000000788. The lowest BCUT2D eigenvalue weighted by atomic mass is 9.68. The van der Waals surface area contributed by atoms with E-state index >= 15 is 0 Å². The molecule has 0 amide bonds. The van der Waals surface area contributed by atoms with E-state index in [4.69, 9.17) is 0 Å². The molecule has 3 aromatic carbocycles. The first kappa shape index (κ1) is 28.9. The third kappa shape index (κ3) is 3.90. The molecule has 0 bridgehead atoms. The first-order chi connectivity index (χ1) is 15.3. The van der Waals surface area contributed by atoms with Gasteiger partial charge in [-0.3, -0.25) is 0 Å². The van der Waals surface area contributed by atoms with Crippen molar-refractivity contribution in [1.29, 1.82) is 0 Å². The van der Waals surface area contributed by atoms with Gasteiger partial charge in [-0.2, -0.15) is 0 Å². The van der Waals surface area contributed by atoms with Crippen LogP contribution in [0.25, 0.3) is 16.7 Å². The normalized spacial score (nSPS) is 14.3. The second kappa shape index (κ2) is 11.8. The molecule has 0 fully saturated rings. The molecule has 0 aliphatic heterocycles. The van der Waals surface area contributed by atoms with Gasteiger partial charge in [0.05, 0.1) is 5.41 Å². The van der Waals surface area contributed by atoms with Crippen molar-refractivity contribution in [3.8, 4) is 11.1 Å². The Morgan fingerprint density at radius 2 is 1.18 bits per heavy atom. The molecule has 0 unspecified atom stereocenters. The van der Waals surface area contributed by atoms with Crippen molar-refractivity contribution < 1.29 is 0 Å². The van der Waals surface area contributed by atoms with E-state index in [0.717, 1.165) is 6.42 Å². The number of benzene rings is 3. The molecule has 3 aromatic rings. The lowest BCUT2D eigenvalue weighted by molar-refractivity contribution is 0.746. The maximum absolute atomic E-state index is 2.42. The number of hydrogen-bond acceptors (Lipinski definition) is 0. The standard InChI is InChI=1S/C27H20.2C2H6.3CH4/c1-18-15-16-22-21-9-3-2-4-12-23(21)27(26(22)17-18)24-13-7-5-10-19(24)20-11-6-8-14-25(20)27;2*1-2;;;/h2-11,13-17H,12H2,1H3;2*1-2H3;3*1H4. The highest BCUT2D eigenvalue weighted by Gasteiger charge is 2.51. The topological polar surface area (TPSA) is 0 Å². The fourth-order valence-corrected chi connectivity index (χ4v) is 5.45. The first-order valence-corrected chi connectivity index (χ1v) is 11.7. The van der Waals surface area contributed by atoms with Crippen molar-refractivity contribution >= 4 is 5.57 Å². The minimum Gasteiger partial charge on any atom is -0.0804 e. The summed E-state index contributed by atoms with van der Waals surface area (Å²) in [6, 6.07) is 25.0. The zero-order valence-electron chi connectivity index (χ0n) is 19.4. The molecule has 0 nitrogen and oxygen atoms in total. The summed E-state index contributed by atoms with van der Waals surface area (Å²) < 4.78 is 0. The largest absolute Gasteiger partial charge is 0.0804 e. The second-order valence-electron chi connectivity index (χ2n) is 7.77. The highest BCUT2D eigenvalue weighted by atomic mass is 14.5. The Morgan fingerprint density at radius 1 is 0.618 bits per heavy atom. The van der Waals surface area contributed by atoms with Crippen molar-refractivity contribution in [2.75, 3.05) is 0 Å². The molecule has 6 rings (SSSR count). The molecule has 0 saturated heterocycles. The smallest absolute Gasteiger partial charge is 0.0691 e. The molecular formula is C34H44. The van der Waals surface area contributed by atoms with E-state index in [2.05, 4.69) is 98.0 Å². The minimum absolute atomic E-state index is 0. The molecule has 0 saturated carbocycles. The van der Waals surface area contributed by atoms with E-state index < -0.39 is 0 Å². The van der Waals surface area contributed by atoms with Gasteiger partial charge in [0.1, 0.15) is 0 Å². The van der Waals surface area contributed by atoms with Gasteiger partial charge in [0, 0.05) is 0 Å². The van der Waals surface area contributed by atoms with Crippen molar-refractivity contribution in [1.82, 2.24) is 0 Å². The maximum Gasteiger partial charge on any atom is 0.0691 e. The van der Waals surface area contributed by atoms with Crippen molar-refractivity contribution in [3.05, 3.63) is 124 Å². The lowest BCUT2D eigenvalue weighted by Crippen LogP contribution is -2.27. The van der Waals surface area contributed by atoms with E-state index in [9.17, 15) is 0 Å². The summed E-state index contributed by atoms with van der Waals surface area (Å²) in [4.78, 5) is 0. The van der Waals surface area contributed by atoms with Crippen LogP contribution < -0.4 is 0 Å². The Labute approximate surface area is 209 Å². The first-order valence-electron chi connectivity index (χ1n) is 11.7. The summed E-state index contributed by atoms with van der Waals surface area (Å²) in [5.74, 6) is 0. The van der Waals surface area contributed by atoms with Crippen molar-refractivity contribution in [2.45, 2.75) is 68.7 Å². The number of hydrogen-bond donors (Lipinski definition) is 0. The van der Waals surface area contributed by atoms with Gasteiger partial charge in [-0.1, -0.05) is 147 Å². The molecular weight excluding hydrogens is 408 g/mol. The van der Waals surface area contributed by atoms with Gasteiger partial charge in [0.15, 0.2) is 0 Å². The lowest BCUT2D eigenvalue weighted by Gasteiger charge is -2.32. The number of allylic oxidation sites excluding steroid dienone is 6. The monoisotopic (exact) mass is 452 g/mol. The van der Waals surface area contributed by atoms with E-state index in [0.29, 0.717) is 0 Å². The molecule has 3 aliphatic carbocycles. The summed E-state index contributed by atoms with van der Waals surface area (Å²) in [5.41, 5.74) is 12.6. The third-order valence-electron chi connectivity index (χ3n) is 6.43. The van der Waals surface area contributed by atoms with E-state index in [1.54, 1.807) is 0 Å². The average molecular weight is 453 g/mol. The highest BCUT2D eigenvalue weighted by Crippen LogP contribution is 2.62. The van der Waals surface area contributed by atoms with Crippen LogP contribution >= 0.6 is 0 Å². The summed E-state index contributed by atoms with van der Waals surface area (Å²) in [7, 11) is 0. The average Bonchev–Trinajstić information content (AvgIpc) is 3.13. The molecule has 3 aliphatic rings. The van der Waals surface area contributed by atoms with Crippen LogP contribution in [0.4, 0.5) is 0 Å². The van der Waals surface area contributed by atoms with Gasteiger partial charge < -0.3 is 0 Å². The predicted octanol–water partition coefficient (Wildman–Crippen LogP) is 10.6. The van der Waals surface area contributed by atoms with Gasteiger partial charge in [0.2, 0.25) is 0 Å². The molecule has 0 heterocycles. The molecule has 0 N–H and O–H groups in total. The molecule has 0 atom stereocenters. The number of rotatable bonds is 0. The van der Waals surface area contributed by atoms with E-state index in [1.165, 1.54) is 50.1 Å². The fourth-order valence-electron chi connectivity index (χ4n) is 5.45. The Morgan fingerprint density at radius 3 is 1.76 bits per heavy atom. The van der Waals surface area contributed by atoms with Crippen LogP contribution in [0.15, 0.2) is 96.6 Å². The van der Waals surface area contributed by atoms with Crippen LogP contribution in [0.1, 0.15) is 84.2 Å². The molecule has 180 valence electrons. The second-order valence-corrected chi connectivity index (χ2v) is 7.77. The summed E-state index contributed by atoms with van der Waals surface area (Å²) in [6.07, 6.45) is 9.98. The summed E-state index contributed by atoms with van der Waals surface area (Å²) in [6.45, 7) is 10.2. The van der Waals surface area contributed by atoms with Gasteiger partial charge in [-0.25, -0.2) is 0 Å². The van der Waals surface area contributed by atoms with E-state index in [-0.39, 0.29) is 27.7 Å². The fraction of sp³-hybridized carbons (Fsp3) is 0.294. The highest BCUT2D eigenvalue weighted by molar-refractivity contribution is 5.97. The van der Waals surface area contributed by atoms with Gasteiger partial charge in [-0.05, 0) is 57.9 Å². The van der Waals surface area contributed by atoms with Crippen LogP contribution in [0, 0.1) is 6.92 Å². The van der Waals surface area contributed by atoms with Gasteiger partial charge in [0.25, 0.3) is 0 Å². The van der Waals surface area contributed by atoms with Gasteiger partial charge >= 0.3 is 0 Å². The Kier molecular flexibility index (Phi) is 10.1. The van der Waals surface area contributed by atoms with Crippen LogP contribution in [0.5, 0.6) is 0 Å². The third-order valence-corrected chi connectivity index (χ3v) is 6.43.